The number of aromatic nitrogens is 4. The van der Waals surface area contributed by atoms with Crippen LogP contribution in [0.3, 0.4) is 0 Å². The highest BCUT2D eigenvalue weighted by atomic mass is 35.5. The fourth-order valence-electron chi connectivity index (χ4n) is 4.68. The molecule has 50 heavy (non-hydrogen) atoms. The van der Waals surface area contributed by atoms with Crippen LogP contribution in [-0.2, 0) is 26.5 Å². The predicted molar refractivity (Wildman–Crippen MR) is 190 cm³/mol. The lowest BCUT2D eigenvalue weighted by Gasteiger charge is -2.16. The summed E-state index contributed by atoms with van der Waals surface area (Å²) in [7, 11) is 0. The Morgan fingerprint density at radius 3 is 2.46 bits per heavy atom. The summed E-state index contributed by atoms with van der Waals surface area (Å²) in [5, 5.41) is 26.4. The predicted octanol–water partition coefficient (Wildman–Crippen LogP) is 4.86. The lowest BCUT2D eigenvalue weighted by atomic mass is 9.97. The van der Waals surface area contributed by atoms with Crippen LogP contribution >= 0.6 is 34.7 Å². The molecule has 16 heteroatoms. The van der Waals surface area contributed by atoms with Gasteiger partial charge in [0.2, 0.25) is 5.91 Å². The number of nitrogens with one attached hydrogen (secondary N) is 2. The zero-order valence-electron chi connectivity index (χ0n) is 26.6. The molecule has 0 saturated heterocycles. The largest absolute Gasteiger partial charge is 0.490 e. The highest BCUT2D eigenvalue weighted by Gasteiger charge is 2.23. The average Bonchev–Trinajstić information content (AvgIpc) is 3.82. The Balaban J connectivity index is 1.17. The third kappa shape index (κ3) is 8.96. The van der Waals surface area contributed by atoms with Crippen LogP contribution in [0.2, 0.25) is 5.02 Å². The van der Waals surface area contributed by atoms with Gasteiger partial charge < -0.3 is 31.2 Å². The van der Waals surface area contributed by atoms with Crippen LogP contribution in [-0.4, -0.2) is 57.1 Å². The number of nitriles is 2. The molecule has 13 nitrogen and oxygen atoms in total. The van der Waals surface area contributed by atoms with Gasteiger partial charge in [-0.3, -0.25) is 4.79 Å². The second-order valence-electron chi connectivity index (χ2n) is 10.7. The molecule has 2 atom stereocenters. The lowest BCUT2D eigenvalue weighted by molar-refractivity contribution is -0.148. The van der Waals surface area contributed by atoms with Crippen LogP contribution in [0.15, 0.2) is 71.5 Å². The molecule has 0 aliphatic heterocycles. The Bertz CT molecular complexity index is 2040. The summed E-state index contributed by atoms with van der Waals surface area (Å²) in [6.07, 6.45) is 3.30. The molecule has 0 bridgehead atoms. The molecule has 5 rings (SSSR count). The monoisotopic (exact) mass is 727 g/mol. The molecule has 0 unspecified atom stereocenters. The Morgan fingerprint density at radius 2 is 1.78 bits per heavy atom. The molecule has 3 aromatic heterocycles. The van der Waals surface area contributed by atoms with Crippen molar-refractivity contribution >= 4 is 52.4 Å². The first-order valence-electron chi connectivity index (χ1n) is 15.1. The average molecular weight is 728 g/mol. The van der Waals surface area contributed by atoms with Crippen molar-refractivity contribution < 1.29 is 19.1 Å². The molecule has 0 saturated carbocycles. The van der Waals surface area contributed by atoms with Crippen molar-refractivity contribution in [3.05, 3.63) is 94.0 Å². The van der Waals surface area contributed by atoms with Gasteiger partial charge in [0.25, 0.3) is 0 Å². The highest BCUT2D eigenvalue weighted by Crippen LogP contribution is 2.37. The van der Waals surface area contributed by atoms with Gasteiger partial charge in [-0.05, 0) is 36.8 Å². The van der Waals surface area contributed by atoms with Gasteiger partial charge in [0.15, 0.2) is 0 Å². The quantitative estimate of drug-likeness (QED) is 0.0685. The normalized spacial score (nSPS) is 11.9. The van der Waals surface area contributed by atoms with Crippen LogP contribution in [0, 0.1) is 22.7 Å². The van der Waals surface area contributed by atoms with Crippen LogP contribution in [0.4, 0.5) is 5.82 Å². The summed E-state index contributed by atoms with van der Waals surface area (Å²) < 4.78 is 11.0. The number of anilines is 1. The summed E-state index contributed by atoms with van der Waals surface area (Å²) in [4.78, 5) is 40.6. The maximum Gasteiger partial charge on any atom is 0.328 e. The first kappa shape index (κ1) is 35.8. The minimum Gasteiger partial charge on any atom is -0.490 e. The zero-order valence-corrected chi connectivity index (χ0v) is 28.9. The van der Waals surface area contributed by atoms with Crippen molar-refractivity contribution in [3.8, 4) is 39.6 Å². The van der Waals surface area contributed by atoms with Crippen molar-refractivity contribution in [1.82, 2.24) is 25.3 Å². The number of thioether (sulfide) groups is 1. The van der Waals surface area contributed by atoms with Crippen LogP contribution in [0.1, 0.15) is 29.4 Å². The number of amides is 1. The number of thiazole rings is 1. The SMILES string of the molecule is C[C@H](NC(=O)[C@@H](N)Cc1cnc[nH]1)C(=O)OCCOc1ccc(-c2c(C#N)c(N)nc(SCc3csc(-c4ccc(Cl)cc4)n3)c2C#N)cc1. The number of halogens is 1. The molecule has 0 radical (unpaired) electrons. The van der Waals surface area contributed by atoms with Crippen LogP contribution < -0.4 is 21.5 Å². The van der Waals surface area contributed by atoms with E-state index in [0.717, 1.165) is 16.3 Å². The first-order valence-corrected chi connectivity index (χ1v) is 17.3. The van der Waals surface area contributed by atoms with E-state index in [1.165, 1.54) is 36.3 Å². The molecule has 254 valence electrons. The van der Waals surface area contributed by atoms with Gasteiger partial charge in [0, 0.05) is 45.6 Å². The fraction of sp³-hybridized carbons (Fsp3) is 0.206. The van der Waals surface area contributed by atoms with Crippen molar-refractivity contribution in [2.45, 2.75) is 36.2 Å². The van der Waals surface area contributed by atoms with E-state index in [1.807, 2.05) is 29.6 Å². The number of nitrogens with two attached hydrogens (primary N) is 2. The Morgan fingerprint density at radius 1 is 1.06 bits per heavy atom. The number of hydrogen-bond acceptors (Lipinski definition) is 13. The van der Waals surface area contributed by atoms with Gasteiger partial charge in [-0.2, -0.15) is 10.5 Å². The Labute approximate surface area is 300 Å². The van der Waals surface area contributed by atoms with E-state index >= 15 is 0 Å². The highest BCUT2D eigenvalue weighted by molar-refractivity contribution is 7.98. The topological polar surface area (TPSA) is 219 Å². The molecule has 0 aliphatic carbocycles. The fourth-order valence-corrected chi connectivity index (χ4v) is 6.63. The second kappa shape index (κ2) is 16.8. The number of aromatic amines is 1. The maximum atomic E-state index is 12.4. The van der Waals surface area contributed by atoms with Crippen molar-refractivity contribution in [3.63, 3.8) is 0 Å². The molecular formula is C34H30ClN9O4S2. The number of pyridine rings is 1. The van der Waals surface area contributed by atoms with Gasteiger partial charge in [0.05, 0.1) is 23.6 Å². The van der Waals surface area contributed by atoms with Gasteiger partial charge >= 0.3 is 5.97 Å². The van der Waals surface area contributed by atoms with Crippen molar-refractivity contribution in [2.75, 3.05) is 18.9 Å². The van der Waals surface area contributed by atoms with Crippen molar-refractivity contribution in [2.24, 2.45) is 5.73 Å². The van der Waals surface area contributed by atoms with Gasteiger partial charge in [-0.15, -0.1) is 11.3 Å². The number of imidazole rings is 1. The summed E-state index contributed by atoms with van der Waals surface area (Å²) in [6.45, 7) is 1.47. The molecular weight excluding hydrogens is 698 g/mol. The third-order valence-corrected chi connectivity index (χ3v) is 9.40. The minimum atomic E-state index is -0.914. The van der Waals surface area contributed by atoms with E-state index in [-0.39, 0.29) is 36.6 Å². The van der Waals surface area contributed by atoms with Crippen molar-refractivity contribution in [1.29, 1.82) is 10.5 Å². The maximum absolute atomic E-state index is 12.4. The van der Waals surface area contributed by atoms with Gasteiger partial charge in [-0.1, -0.05) is 47.6 Å². The smallest absolute Gasteiger partial charge is 0.328 e. The molecule has 0 fully saturated rings. The Kier molecular flexibility index (Phi) is 12.0. The zero-order chi connectivity index (χ0) is 35.6. The number of rotatable bonds is 14. The van der Waals surface area contributed by atoms with E-state index in [4.69, 9.17) is 37.5 Å². The summed E-state index contributed by atoms with van der Waals surface area (Å²) in [5.74, 6) is -0.233. The standard InChI is InChI=1S/C34H30ClN9O4S2/c1-19(42-31(45)28(38)12-23-15-40-18-41-23)34(46)48-11-10-47-25-8-4-20(5-9-25)29-26(13-36)30(39)44-33(27(29)14-37)50-17-24-16-49-32(43-24)21-2-6-22(35)7-3-21/h2-9,15-16,18-19,28H,10-12,17,38H2,1H3,(H2,39,44)(H,40,41)(H,42,45)/t19-,28-/m0/s1. The van der Waals surface area contributed by atoms with E-state index in [9.17, 15) is 20.1 Å². The van der Waals surface area contributed by atoms with Crippen LogP contribution in [0.5, 0.6) is 5.75 Å². The van der Waals surface area contributed by atoms with Gasteiger partial charge in [0.1, 0.15) is 58.6 Å². The van der Waals surface area contributed by atoms with E-state index in [2.05, 4.69) is 32.4 Å². The molecule has 2 aromatic carbocycles. The number of carbonyl (C=O) groups is 2. The number of esters is 1. The van der Waals surface area contributed by atoms with Gasteiger partial charge in [-0.25, -0.2) is 19.7 Å². The minimum absolute atomic E-state index is 0.0106. The molecule has 3 heterocycles. The molecule has 5 aromatic rings. The summed E-state index contributed by atoms with van der Waals surface area (Å²) in [5.41, 5.74) is 15.8. The second-order valence-corrected chi connectivity index (χ2v) is 13.0. The number of nitrogens with zero attached hydrogens (tertiary/aromatic N) is 5. The summed E-state index contributed by atoms with van der Waals surface area (Å²) in [6, 6.07) is 16.7. The van der Waals surface area contributed by atoms with E-state index < -0.39 is 24.0 Å². The number of ether oxygens (including phenoxy) is 2. The van der Waals surface area contributed by atoms with E-state index in [0.29, 0.717) is 38.4 Å². The molecule has 6 N–H and O–H groups in total. The number of carbonyl (C=O) groups excluding carboxylic acids is 2. The third-order valence-electron chi connectivity index (χ3n) is 7.20. The van der Waals surface area contributed by atoms with Crippen LogP contribution in [0.25, 0.3) is 21.7 Å². The van der Waals surface area contributed by atoms with E-state index in [1.54, 1.807) is 30.5 Å². The number of hydrogen-bond donors (Lipinski definition) is 4. The lowest BCUT2D eigenvalue weighted by Crippen LogP contribution is -2.48. The Hall–Kier alpha value is -5.45. The first-order chi connectivity index (χ1) is 24.2. The molecule has 1 amide bonds. The molecule has 0 spiro atoms. The number of H-pyrrole nitrogens is 1. The molecule has 0 aliphatic rings. The number of benzene rings is 2. The number of nitrogen functional groups attached to an aromatic ring is 1. The summed E-state index contributed by atoms with van der Waals surface area (Å²) >= 11 is 8.81.